The molecule has 6 heteroatoms. The third kappa shape index (κ3) is 5.14. The molecule has 0 aromatic heterocycles. The van der Waals surface area contributed by atoms with Crippen molar-refractivity contribution in [3.63, 3.8) is 0 Å². The number of para-hydroxylation sites is 1. The Bertz CT molecular complexity index is 855. The maximum absolute atomic E-state index is 12.7. The van der Waals surface area contributed by atoms with Crippen LogP contribution in [0.5, 0.6) is 5.75 Å². The third-order valence-electron chi connectivity index (χ3n) is 5.55. The summed E-state index contributed by atoms with van der Waals surface area (Å²) >= 11 is 5.13. The number of carbonyl (C=O) groups is 1. The van der Waals surface area contributed by atoms with Gasteiger partial charge >= 0.3 is 0 Å². The van der Waals surface area contributed by atoms with Crippen LogP contribution in [-0.2, 0) is 0 Å². The van der Waals surface area contributed by atoms with Gasteiger partial charge in [0.05, 0.1) is 11.0 Å². The minimum Gasteiger partial charge on any atom is -0.492 e. The lowest BCUT2D eigenvalue weighted by atomic mass is 9.96. The summed E-state index contributed by atoms with van der Waals surface area (Å²) in [4.78, 5) is 16.0. The molecule has 0 spiro atoms. The minimum absolute atomic E-state index is 0.126. The van der Waals surface area contributed by atoms with Crippen molar-refractivity contribution in [1.29, 1.82) is 0 Å². The Morgan fingerprint density at radius 1 is 1.10 bits per heavy atom. The first-order valence-electron chi connectivity index (χ1n) is 10.3. The standard InChI is InChI=1S/C23H27N3O2S/c27-23(25-20-7-3-2-6-19(20)21-16-22(29)24-21)17-8-10-18(11-9-17)28-15-14-26-12-4-1-5-13-26/h2-3,6-11,21H,1,4-5,12-16H2,(H,24,29)(H,25,27). The van der Waals surface area contributed by atoms with E-state index in [1.807, 2.05) is 48.5 Å². The van der Waals surface area contributed by atoms with Gasteiger partial charge in [0, 0.05) is 24.2 Å². The fourth-order valence-electron chi connectivity index (χ4n) is 3.83. The Kier molecular flexibility index (Phi) is 6.42. The van der Waals surface area contributed by atoms with Crippen molar-refractivity contribution < 1.29 is 9.53 Å². The number of nitrogens with one attached hydrogen (secondary N) is 2. The zero-order valence-corrected chi connectivity index (χ0v) is 17.3. The average Bonchev–Trinajstić information content (AvgIpc) is 2.73. The van der Waals surface area contributed by atoms with Crippen molar-refractivity contribution in [1.82, 2.24) is 10.2 Å². The Morgan fingerprint density at radius 2 is 1.83 bits per heavy atom. The molecule has 152 valence electrons. The van der Waals surface area contributed by atoms with E-state index in [9.17, 15) is 4.79 Å². The quantitative estimate of drug-likeness (QED) is 0.673. The number of rotatable bonds is 7. The van der Waals surface area contributed by atoms with Gasteiger partial charge in [-0.05, 0) is 61.8 Å². The third-order valence-corrected chi connectivity index (χ3v) is 5.84. The van der Waals surface area contributed by atoms with Gasteiger partial charge in [-0.25, -0.2) is 0 Å². The first-order chi connectivity index (χ1) is 14.2. The number of ether oxygens (including phenoxy) is 1. The SMILES string of the molecule is O=C(Nc1ccccc1C1CC(=S)N1)c1ccc(OCCN2CCCCC2)cc1. The molecule has 2 fully saturated rings. The average molecular weight is 410 g/mol. The summed E-state index contributed by atoms with van der Waals surface area (Å²) in [6.45, 7) is 3.98. The topological polar surface area (TPSA) is 53.6 Å². The summed E-state index contributed by atoms with van der Waals surface area (Å²) in [7, 11) is 0. The van der Waals surface area contributed by atoms with Gasteiger partial charge < -0.3 is 15.4 Å². The fourth-order valence-corrected chi connectivity index (χ4v) is 4.14. The highest BCUT2D eigenvalue weighted by molar-refractivity contribution is 7.80. The van der Waals surface area contributed by atoms with Crippen LogP contribution in [0.2, 0.25) is 0 Å². The van der Waals surface area contributed by atoms with Crippen LogP contribution in [0.1, 0.15) is 47.6 Å². The first-order valence-corrected chi connectivity index (χ1v) is 10.7. The molecule has 0 aliphatic carbocycles. The maximum atomic E-state index is 12.7. The number of thiocarbonyl (C=S) groups is 1. The van der Waals surface area contributed by atoms with Gasteiger partial charge in [-0.3, -0.25) is 9.69 Å². The summed E-state index contributed by atoms with van der Waals surface area (Å²) in [6.07, 6.45) is 4.74. The lowest BCUT2D eigenvalue weighted by Gasteiger charge is -2.31. The van der Waals surface area contributed by atoms with Crippen LogP contribution >= 0.6 is 12.2 Å². The van der Waals surface area contributed by atoms with Gasteiger partial charge in [0.1, 0.15) is 12.4 Å². The Labute approximate surface area is 177 Å². The van der Waals surface area contributed by atoms with Crippen LogP contribution in [0.25, 0.3) is 0 Å². The first kappa shape index (κ1) is 19.9. The van der Waals surface area contributed by atoms with Crippen molar-refractivity contribution in [2.45, 2.75) is 31.7 Å². The molecule has 0 saturated carbocycles. The van der Waals surface area contributed by atoms with Crippen LogP contribution in [0.3, 0.4) is 0 Å². The van der Waals surface area contributed by atoms with Gasteiger partial charge in [-0.2, -0.15) is 0 Å². The smallest absolute Gasteiger partial charge is 0.255 e. The van der Waals surface area contributed by atoms with Crippen molar-refractivity contribution in [2.24, 2.45) is 0 Å². The molecule has 0 bridgehead atoms. The molecule has 2 aliphatic heterocycles. The fraction of sp³-hybridized carbons (Fsp3) is 0.391. The Morgan fingerprint density at radius 3 is 2.55 bits per heavy atom. The lowest BCUT2D eigenvalue weighted by molar-refractivity contribution is 0.102. The van der Waals surface area contributed by atoms with Crippen molar-refractivity contribution in [3.05, 3.63) is 59.7 Å². The molecule has 29 heavy (non-hydrogen) atoms. The maximum Gasteiger partial charge on any atom is 0.255 e. The van der Waals surface area contributed by atoms with E-state index in [0.717, 1.165) is 35.0 Å². The zero-order valence-electron chi connectivity index (χ0n) is 16.5. The highest BCUT2D eigenvalue weighted by atomic mass is 32.1. The molecule has 4 rings (SSSR count). The molecule has 5 nitrogen and oxygen atoms in total. The molecule has 2 aromatic carbocycles. The summed E-state index contributed by atoms with van der Waals surface area (Å²) in [6, 6.07) is 15.4. The molecule has 2 aliphatic rings. The Balaban J connectivity index is 1.31. The number of carbonyl (C=O) groups excluding carboxylic acids is 1. The summed E-state index contributed by atoms with van der Waals surface area (Å²) in [5.74, 6) is 0.672. The van der Waals surface area contributed by atoms with Crippen LogP contribution in [0, 0.1) is 0 Å². The second kappa shape index (κ2) is 9.37. The predicted octanol–water partition coefficient (Wildman–Crippen LogP) is 4.17. The molecule has 2 saturated heterocycles. The van der Waals surface area contributed by atoms with Crippen molar-refractivity contribution >= 4 is 28.8 Å². The van der Waals surface area contributed by atoms with Crippen LogP contribution in [0.15, 0.2) is 48.5 Å². The highest BCUT2D eigenvalue weighted by Crippen LogP contribution is 2.30. The summed E-state index contributed by atoms with van der Waals surface area (Å²) in [5, 5.41) is 6.25. The number of hydrogen-bond acceptors (Lipinski definition) is 4. The number of anilines is 1. The largest absolute Gasteiger partial charge is 0.492 e. The predicted molar refractivity (Wildman–Crippen MR) is 120 cm³/mol. The molecule has 1 amide bonds. The van der Waals surface area contributed by atoms with Gasteiger partial charge in [0.2, 0.25) is 0 Å². The van der Waals surface area contributed by atoms with Crippen LogP contribution in [-0.4, -0.2) is 42.0 Å². The van der Waals surface area contributed by atoms with Crippen LogP contribution in [0.4, 0.5) is 5.69 Å². The number of amides is 1. The van der Waals surface area contributed by atoms with E-state index >= 15 is 0 Å². The van der Waals surface area contributed by atoms with Crippen molar-refractivity contribution in [3.8, 4) is 5.75 Å². The number of piperidine rings is 1. The van der Waals surface area contributed by atoms with Gasteiger partial charge in [0.15, 0.2) is 0 Å². The second-order valence-corrected chi connectivity index (χ2v) is 8.13. The number of benzene rings is 2. The van der Waals surface area contributed by atoms with E-state index in [4.69, 9.17) is 17.0 Å². The van der Waals surface area contributed by atoms with Gasteiger partial charge in [0.25, 0.3) is 5.91 Å². The van der Waals surface area contributed by atoms with E-state index in [-0.39, 0.29) is 11.9 Å². The highest BCUT2D eigenvalue weighted by Gasteiger charge is 2.26. The molecule has 1 atom stereocenters. The molecular formula is C23H27N3O2S. The molecule has 2 N–H and O–H groups in total. The number of nitrogens with zero attached hydrogens (tertiary/aromatic N) is 1. The molecule has 2 aromatic rings. The van der Waals surface area contributed by atoms with E-state index < -0.39 is 0 Å². The van der Waals surface area contributed by atoms with E-state index in [1.165, 1.54) is 32.4 Å². The molecular weight excluding hydrogens is 382 g/mol. The summed E-state index contributed by atoms with van der Waals surface area (Å²) < 4.78 is 5.85. The lowest BCUT2D eigenvalue weighted by Crippen LogP contribution is -2.40. The molecule has 2 heterocycles. The number of likely N-dealkylation sites (tertiary alicyclic amines) is 1. The van der Waals surface area contributed by atoms with Gasteiger partial charge in [-0.1, -0.05) is 36.8 Å². The Hall–Kier alpha value is -2.44. The minimum atomic E-state index is -0.126. The zero-order chi connectivity index (χ0) is 20.1. The molecule has 0 radical (unpaired) electrons. The number of hydrogen-bond donors (Lipinski definition) is 2. The van der Waals surface area contributed by atoms with Gasteiger partial charge in [-0.15, -0.1) is 0 Å². The summed E-state index contributed by atoms with van der Waals surface area (Å²) in [5.41, 5.74) is 2.49. The van der Waals surface area contributed by atoms with Crippen molar-refractivity contribution in [2.75, 3.05) is 31.6 Å². The monoisotopic (exact) mass is 409 g/mol. The second-order valence-electron chi connectivity index (χ2n) is 7.64. The van der Waals surface area contributed by atoms with Crippen LogP contribution < -0.4 is 15.4 Å². The van der Waals surface area contributed by atoms with E-state index in [1.54, 1.807) is 0 Å². The molecule has 1 unspecified atom stereocenters. The van der Waals surface area contributed by atoms with E-state index in [0.29, 0.717) is 12.2 Å². The normalized spacial score (nSPS) is 19.2. The van der Waals surface area contributed by atoms with E-state index in [2.05, 4.69) is 15.5 Å².